The van der Waals surface area contributed by atoms with E-state index in [0.29, 0.717) is 15.7 Å². The predicted molar refractivity (Wildman–Crippen MR) is 123 cm³/mol. The summed E-state index contributed by atoms with van der Waals surface area (Å²) in [5.41, 5.74) is 4.03. The normalized spacial score (nSPS) is 10.5. The molecule has 4 aromatic rings. The molecule has 0 aliphatic rings. The number of nitrogens with one attached hydrogen (secondary N) is 1. The highest BCUT2D eigenvalue weighted by Gasteiger charge is 2.14. The number of amides is 1. The second kappa shape index (κ2) is 9.00. The molecule has 0 saturated carbocycles. The van der Waals surface area contributed by atoms with Gasteiger partial charge in [0.1, 0.15) is 16.8 Å². The Labute approximate surface area is 187 Å². The van der Waals surface area contributed by atoms with Crippen molar-refractivity contribution in [3.8, 4) is 34.2 Å². The Morgan fingerprint density at radius 1 is 1.13 bits per heavy atom. The summed E-state index contributed by atoms with van der Waals surface area (Å²) in [6.45, 7) is 0. The monoisotopic (exact) mass is 444 g/mol. The summed E-state index contributed by atoms with van der Waals surface area (Å²) in [6, 6.07) is 18.1. The van der Waals surface area contributed by atoms with Crippen molar-refractivity contribution in [1.29, 1.82) is 5.26 Å². The molecule has 0 unspecified atom stereocenters. The van der Waals surface area contributed by atoms with Gasteiger partial charge in [-0.25, -0.2) is 9.97 Å². The van der Waals surface area contributed by atoms with Crippen molar-refractivity contribution in [3.63, 3.8) is 0 Å². The van der Waals surface area contributed by atoms with Crippen LogP contribution in [0.15, 0.2) is 71.2 Å². The number of hydrogen-bond acceptors (Lipinski definition) is 7. The van der Waals surface area contributed by atoms with Crippen molar-refractivity contribution in [3.05, 3.63) is 77.3 Å². The lowest BCUT2D eigenvalue weighted by molar-refractivity contribution is 0.102. The summed E-state index contributed by atoms with van der Waals surface area (Å²) in [5.74, 6) is -0.302. The van der Waals surface area contributed by atoms with E-state index in [1.165, 1.54) is 23.1 Å². The van der Waals surface area contributed by atoms with Crippen molar-refractivity contribution < 1.29 is 9.90 Å². The number of hydrogen-bond donors (Lipinski definition) is 2. The first-order valence-corrected chi connectivity index (χ1v) is 11.3. The van der Waals surface area contributed by atoms with Gasteiger partial charge in [0, 0.05) is 17.1 Å². The minimum absolute atomic E-state index is 0.0518. The van der Waals surface area contributed by atoms with E-state index in [-0.39, 0.29) is 17.2 Å². The first-order chi connectivity index (χ1) is 15.1. The molecular formula is C23H16N4O2S2. The Bertz CT molecular complexity index is 1310. The second-order valence-corrected chi connectivity index (χ2v) is 8.13. The topological polar surface area (TPSA) is 98.9 Å². The number of phenols is 1. The summed E-state index contributed by atoms with van der Waals surface area (Å²) in [7, 11) is 0. The predicted octanol–water partition coefficient (Wildman–Crippen LogP) is 5.42. The lowest BCUT2D eigenvalue weighted by atomic mass is 10.0. The molecule has 0 aliphatic carbocycles. The highest BCUT2D eigenvalue weighted by atomic mass is 32.2. The van der Waals surface area contributed by atoms with Crippen LogP contribution < -0.4 is 5.32 Å². The quantitative estimate of drug-likeness (QED) is 0.399. The van der Waals surface area contributed by atoms with Crippen LogP contribution in [-0.2, 0) is 0 Å². The minimum atomic E-state index is -0.250. The Balaban J connectivity index is 1.57. The number of aromatic hydroxyl groups is 1. The number of pyridine rings is 1. The highest BCUT2D eigenvalue weighted by molar-refractivity contribution is 7.98. The lowest BCUT2D eigenvalue weighted by Crippen LogP contribution is -2.13. The van der Waals surface area contributed by atoms with Gasteiger partial charge in [-0.15, -0.1) is 23.1 Å². The van der Waals surface area contributed by atoms with Crippen molar-refractivity contribution in [2.24, 2.45) is 0 Å². The van der Waals surface area contributed by atoms with Crippen LogP contribution in [0.25, 0.3) is 22.4 Å². The number of nitrogens with zero attached hydrogens (tertiary/aromatic N) is 3. The molecule has 8 heteroatoms. The average molecular weight is 445 g/mol. The van der Waals surface area contributed by atoms with Gasteiger partial charge in [0.2, 0.25) is 0 Å². The van der Waals surface area contributed by atoms with E-state index in [9.17, 15) is 9.90 Å². The SMILES string of the molecule is CSc1ncccc1C(=O)Nc1nc(-c2cccc(-c3ccc(C#N)c(O)c3)c2)cs1. The van der Waals surface area contributed by atoms with Crippen LogP contribution in [-0.4, -0.2) is 27.2 Å². The van der Waals surface area contributed by atoms with Gasteiger partial charge in [0.05, 0.1) is 16.8 Å². The number of carbonyl (C=O) groups excluding carboxylic acids is 1. The van der Waals surface area contributed by atoms with Crippen LogP contribution in [0, 0.1) is 11.3 Å². The molecule has 0 spiro atoms. The van der Waals surface area contributed by atoms with Crippen LogP contribution >= 0.6 is 23.1 Å². The zero-order valence-electron chi connectivity index (χ0n) is 16.4. The molecule has 31 heavy (non-hydrogen) atoms. The standard InChI is InChI=1S/C23H16N4O2S2/c1-30-22-18(6-3-9-25-22)21(29)27-23-26-19(13-31-23)16-5-2-4-14(10-16)15-7-8-17(12-24)20(28)11-15/h2-11,13,28H,1H3,(H,26,27,29). The molecule has 0 fully saturated rings. The summed E-state index contributed by atoms with van der Waals surface area (Å²) in [5, 5.41) is 24.8. The van der Waals surface area contributed by atoms with Gasteiger partial charge < -0.3 is 5.11 Å². The fraction of sp³-hybridized carbons (Fsp3) is 0.0435. The molecule has 0 bridgehead atoms. The van der Waals surface area contributed by atoms with Gasteiger partial charge in [-0.1, -0.05) is 24.3 Å². The van der Waals surface area contributed by atoms with Crippen LogP contribution in [0.3, 0.4) is 0 Å². The van der Waals surface area contributed by atoms with Gasteiger partial charge in [-0.2, -0.15) is 5.26 Å². The molecule has 152 valence electrons. The van der Waals surface area contributed by atoms with Crippen molar-refractivity contribution >= 4 is 34.1 Å². The fourth-order valence-electron chi connectivity index (χ4n) is 3.02. The molecule has 0 aliphatic heterocycles. The smallest absolute Gasteiger partial charge is 0.260 e. The van der Waals surface area contributed by atoms with Crippen LogP contribution in [0.2, 0.25) is 0 Å². The molecule has 2 aromatic carbocycles. The molecule has 2 aromatic heterocycles. The largest absolute Gasteiger partial charge is 0.507 e. The Hall–Kier alpha value is -3.67. The number of thioether (sulfide) groups is 1. The number of nitriles is 1. The zero-order chi connectivity index (χ0) is 21.8. The molecule has 1 amide bonds. The average Bonchev–Trinajstić information content (AvgIpc) is 3.27. The molecule has 0 radical (unpaired) electrons. The maximum atomic E-state index is 12.6. The number of phenolic OH excluding ortho intramolecular Hbond substituents is 1. The third-order valence-corrected chi connectivity index (χ3v) is 6.01. The van der Waals surface area contributed by atoms with Crippen LogP contribution in [0.4, 0.5) is 5.13 Å². The third kappa shape index (κ3) is 4.43. The molecule has 2 heterocycles. The number of benzene rings is 2. The van der Waals surface area contributed by atoms with Gasteiger partial charge in [-0.05, 0) is 47.7 Å². The summed E-state index contributed by atoms with van der Waals surface area (Å²) in [4.78, 5) is 21.4. The molecule has 6 nitrogen and oxygen atoms in total. The highest BCUT2D eigenvalue weighted by Crippen LogP contribution is 2.31. The van der Waals surface area contributed by atoms with Gasteiger partial charge in [-0.3, -0.25) is 10.1 Å². The zero-order valence-corrected chi connectivity index (χ0v) is 18.0. The molecule has 4 rings (SSSR count). The van der Waals surface area contributed by atoms with Crippen LogP contribution in [0.5, 0.6) is 5.75 Å². The molecule has 2 N–H and O–H groups in total. The van der Waals surface area contributed by atoms with Crippen molar-refractivity contribution in [2.75, 3.05) is 11.6 Å². The molecular weight excluding hydrogens is 428 g/mol. The molecule has 0 atom stereocenters. The van der Waals surface area contributed by atoms with Gasteiger partial charge >= 0.3 is 0 Å². The van der Waals surface area contributed by atoms with E-state index < -0.39 is 0 Å². The van der Waals surface area contributed by atoms with E-state index in [4.69, 9.17) is 5.26 Å². The Kier molecular flexibility index (Phi) is 5.98. The van der Waals surface area contributed by atoms with E-state index in [2.05, 4.69) is 15.3 Å². The van der Waals surface area contributed by atoms with Gasteiger partial charge in [0.25, 0.3) is 5.91 Å². The first kappa shape index (κ1) is 20.6. The minimum Gasteiger partial charge on any atom is -0.507 e. The summed E-state index contributed by atoms with van der Waals surface area (Å²) in [6.07, 6.45) is 3.53. The van der Waals surface area contributed by atoms with E-state index in [1.54, 1.807) is 36.5 Å². The summed E-state index contributed by atoms with van der Waals surface area (Å²) >= 11 is 2.76. The fourth-order valence-corrected chi connectivity index (χ4v) is 4.28. The summed E-state index contributed by atoms with van der Waals surface area (Å²) < 4.78 is 0. The Morgan fingerprint density at radius 3 is 2.71 bits per heavy atom. The number of thiazole rings is 1. The Morgan fingerprint density at radius 2 is 1.94 bits per heavy atom. The maximum Gasteiger partial charge on any atom is 0.260 e. The van der Waals surface area contributed by atoms with E-state index in [1.807, 2.05) is 42.0 Å². The number of anilines is 1. The number of rotatable bonds is 5. The van der Waals surface area contributed by atoms with Gasteiger partial charge in [0.15, 0.2) is 5.13 Å². The second-order valence-electron chi connectivity index (χ2n) is 6.48. The van der Waals surface area contributed by atoms with Crippen LogP contribution in [0.1, 0.15) is 15.9 Å². The third-order valence-electron chi connectivity index (χ3n) is 4.54. The first-order valence-electron chi connectivity index (χ1n) is 9.19. The number of aromatic nitrogens is 2. The molecule has 0 saturated heterocycles. The maximum absolute atomic E-state index is 12.6. The van der Waals surface area contributed by atoms with Crippen molar-refractivity contribution in [1.82, 2.24) is 9.97 Å². The van der Waals surface area contributed by atoms with E-state index >= 15 is 0 Å². The van der Waals surface area contributed by atoms with Crippen molar-refractivity contribution in [2.45, 2.75) is 5.03 Å². The van der Waals surface area contributed by atoms with E-state index in [0.717, 1.165) is 22.4 Å². The number of carbonyl (C=O) groups is 1. The lowest BCUT2D eigenvalue weighted by Gasteiger charge is -2.06.